The Morgan fingerprint density at radius 2 is 2.08 bits per heavy atom. The van der Waals surface area contributed by atoms with Gasteiger partial charge in [0.05, 0.1) is 39.6 Å². The maximum Gasteiger partial charge on any atom is 0.355 e. The summed E-state index contributed by atoms with van der Waals surface area (Å²) in [7, 11) is 0. The molecule has 0 aliphatic carbocycles. The van der Waals surface area contributed by atoms with Gasteiger partial charge in [0.25, 0.3) is 11.2 Å². The van der Waals surface area contributed by atoms with Crippen LogP contribution in [0.1, 0.15) is 50.8 Å². The molecule has 0 spiro atoms. The number of hydrogen-bond acceptors (Lipinski definition) is 9. The predicted molar refractivity (Wildman–Crippen MR) is 134 cm³/mol. The Labute approximate surface area is 211 Å². The number of aromatic nitrogens is 2. The van der Waals surface area contributed by atoms with E-state index in [4.69, 9.17) is 14.5 Å². The molecule has 0 bridgehead atoms. The fraction of sp³-hybridized carbons (Fsp3) is 0.385. The molecule has 5 rings (SSSR count). The van der Waals surface area contributed by atoms with Crippen LogP contribution in [0.15, 0.2) is 29.1 Å². The van der Waals surface area contributed by atoms with Gasteiger partial charge in [0.2, 0.25) is 5.60 Å². The minimum Gasteiger partial charge on any atom is -0.457 e. The Morgan fingerprint density at radius 3 is 2.73 bits per heavy atom. The number of fused-ring (bicyclic) bond motifs is 5. The number of benzene rings is 1. The van der Waals surface area contributed by atoms with Crippen molar-refractivity contribution in [3.05, 3.63) is 61.4 Å². The number of esters is 2. The van der Waals surface area contributed by atoms with Crippen molar-refractivity contribution in [2.75, 3.05) is 11.9 Å². The van der Waals surface area contributed by atoms with Gasteiger partial charge in [-0.25, -0.2) is 9.78 Å². The van der Waals surface area contributed by atoms with E-state index in [0.717, 1.165) is 0 Å². The molecule has 11 nitrogen and oxygen atoms in total. The van der Waals surface area contributed by atoms with Crippen molar-refractivity contribution in [2.45, 2.75) is 52.9 Å². The molecule has 4 heterocycles. The highest BCUT2D eigenvalue weighted by molar-refractivity contribution is 6.03. The molecular weight excluding hydrogens is 480 g/mol. The molecule has 192 valence electrons. The third-order valence-corrected chi connectivity index (χ3v) is 6.86. The number of cyclic esters (lactones) is 1. The van der Waals surface area contributed by atoms with Crippen LogP contribution in [0.2, 0.25) is 0 Å². The number of carbonyl (C=O) groups excluding carboxylic acids is 2. The summed E-state index contributed by atoms with van der Waals surface area (Å²) in [6.07, 6.45) is 0.0761. The van der Waals surface area contributed by atoms with E-state index in [1.807, 2.05) is 13.8 Å². The lowest BCUT2D eigenvalue weighted by atomic mass is 9.85. The van der Waals surface area contributed by atoms with Crippen LogP contribution in [0.5, 0.6) is 0 Å². The van der Waals surface area contributed by atoms with Crippen LogP contribution >= 0.6 is 0 Å². The molecule has 0 fully saturated rings. The fourth-order valence-corrected chi connectivity index (χ4v) is 5.17. The molecule has 11 heteroatoms. The van der Waals surface area contributed by atoms with Crippen LogP contribution in [0.4, 0.5) is 11.4 Å². The van der Waals surface area contributed by atoms with Crippen molar-refractivity contribution in [2.24, 2.45) is 5.92 Å². The van der Waals surface area contributed by atoms with Crippen molar-refractivity contribution in [3.8, 4) is 11.4 Å². The van der Waals surface area contributed by atoms with Crippen LogP contribution in [0.3, 0.4) is 0 Å². The number of nitro benzene ring substituents is 1. The lowest BCUT2D eigenvalue weighted by Crippen LogP contribution is -2.47. The predicted octanol–water partition coefficient (Wildman–Crippen LogP) is 3.63. The lowest BCUT2D eigenvalue weighted by Gasteiger charge is -2.35. The summed E-state index contributed by atoms with van der Waals surface area (Å²) in [6, 6.07) is 6.36. The topological polar surface area (TPSA) is 143 Å². The molecule has 3 aromatic rings. The first kappa shape index (κ1) is 24.4. The maximum absolute atomic E-state index is 13.7. The second-order valence-electron chi connectivity index (χ2n) is 9.68. The number of nitrogens with zero attached hydrogens (tertiary/aromatic N) is 3. The molecule has 37 heavy (non-hydrogen) atoms. The molecule has 1 N–H and O–H groups in total. The van der Waals surface area contributed by atoms with Gasteiger partial charge in [-0.1, -0.05) is 26.8 Å². The van der Waals surface area contributed by atoms with Crippen molar-refractivity contribution in [3.63, 3.8) is 0 Å². The third-order valence-electron chi connectivity index (χ3n) is 6.86. The van der Waals surface area contributed by atoms with E-state index in [1.165, 1.54) is 17.6 Å². The summed E-state index contributed by atoms with van der Waals surface area (Å²) in [5.41, 5.74) is 0.807. The van der Waals surface area contributed by atoms with Gasteiger partial charge in [-0.2, -0.15) is 0 Å². The van der Waals surface area contributed by atoms with Crippen molar-refractivity contribution in [1.29, 1.82) is 0 Å². The van der Waals surface area contributed by atoms with Crippen molar-refractivity contribution in [1.82, 2.24) is 9.55 Å². The Bertz CT molecular complexity index is 1560. The van der Waals surface area contributed by atoms with E-state index in [9.17, 15) is 24.5 Å². The minimum atomic E-state index is -1.74. The summed E-state index contributed by atoms with van der Waals surface area (Å²) >= 11 is 0. The average Bonchev–Trinajstić information content (AvgIpc) is 3.21. The highest BCUT2D eigenvalue weighted by Gasteiger charge is 2.50. The normalized spacial score (nSPS) is 17.7. The smallest absolute Gasteiger partial charge is 0.355 e. The van der Waals surface area contributed by atoms with Crippen LogP contribution < -0.4 is 10.9 Å². The first-order valence-electron chi connectivity index (χ1n) is 12.1. The van der Waals surface area contributed by atoms with E-state index in [-0.39, 0.29) is 42.3 Å². The summed E-state index contributed by atoms with van der Waals surface area (Å²) < 4.78 is 12.3. The zero-order valence-corrected chi connectivity index (χ0v) is 20.9. The highest BCUT2D eigenvalue weighted by atomic mass is 16.6. The van der Waals surface area contributed by atoms with Gasteiger partial charge in [0.15, 0.2) is 0 Å². The van der Waals surface area contributed by atoms with Gasteiger partial charge in [-0.3, -0.25) is 19.7 Å². The fourth-order valence-electron chi connectivity index (χ4n) is 5.17. The lowest BCUT2D eigenvalue weighted by molar-refractivity contribution is -0.383. The maximum atomic E-state index is 13.7. The van der Waals surface area contributed by atoms with Gasteiger partial charge < -0.3 is 19.4 Å². The zero-order valence-electron chi connectivity index (χ0n) is 20.9. The Balaban J connectivity index is 1.81. The average molecular weight is 507 g/mol. The van der Waals surface area contributed by atoms with E-state index in [0.29, 0.717) is 40.1 Å². The number of ether oxygens (including phenoxy) is 2. The number of anilines is 1. The Morgan fingerprint density at radius 1 is 1.32 bits per heavy atom. The van der Waals surface area contributed by atoms with Crippen LogP contribution in [-0.2, 0) is 37.8 Å². The van der Waals surface area contributed by atoms with Gasteiger partial charge in [0, 0.05) is 30.7 Å². The standard InChI is InChI=1S/C26H26N4O7/c1-5-26(37-14(4)31)17-9-20-22-15(11-29(20)24(32)16(17)12-36-25(26)33)23(27-10-13(2)3)21-18(28-22)7-6-8-19(21)30(34)35/h6-9,13H,5,10-12H2,1-4H3,(H,27,28). The van der Waals surface area contributed by atoms with Gasteiger partial charge >= 0.3 is 11.9 Å². The number of nitro groups is 1. The zero-order chi connectivity index (χ0) is 26.6. The Hall–Kier alpha value is -4.28. The number of pyridine rings is 2. The SMILES string of the molecule is CCC1(OC(C)=O)C(=O)OCc2c1cc1n(c2=O)Cc2c-1nc1cccc([N+](=O)[O-])c1c2NCC(C)C. The summed E-state index contributed by atoms with van der Waals surface area (Å²) in [5.74, 6) is -1.16. The van der Waals surface area contributed by atoms with Crippen molar-refractivity contribution >= 4 is 34.2 Å². The second kappa shape index (κ2) is 8.68. The summed E-state index contributed by atoms with van der Waals surface area (Å²) in [6.45, 7) is 7.36. The summed E-state index contributed by atoms with van der Waals surface area (Å²) in [4.78, 5) is 54.7. The molecule has 0 saturated heterocycles. The molecule has 1 atom stereocenters. The second-order valence-corrected chi connectivity index (χ2v) is 9.68. The summed E-state index contributed by atoms with van der Waals surface area (Å²) in [5, 5.41) is 15.6. The minimum absolute atomic E-state index is 0.0761. The monoisotopic (exact) mass is 506 g/mol. The van der Waals surface area contributed by atoms with Gasteiger partial charge in [-0.15, -0.1) is 0 Å². The number of hydrogen-bond donors (Lipinski definition) is 1. The molecule has 0 saturated carbocycles. The number of carbonyl (C=O) groups is 2. The molecule has 2 aliphatic rings. The van der Waals surface area contributed by atoms with Crippen molar-refractivity contribution < 1.29 is 24.0 Å². The van der Waals surface area contributed by atoms with E-state index < -0.39 is 28.0 Å². The highest BCUT2D eigenvalue weighted by Crippen LogP contribution is 2.44. The molecule has 1 unspecified atom stereocenters. The molecular formula is C26H26N4O7. The van der Waals surface area contributed by atoms with Crippen LogP contribution in [-0.4, -0.2) is 33.0 Å². The quantitative estimate of drug-likeness (QED) is 0.236. The van der Waals surface area contributed by atoms with E-state index in [2.05, 4.69) is 5.32 Å². The number of nitrogens with one attached hydrogen (secondary N) is 1. The Kier molecular flexibility index (Phi) is 5.73. The molecule has 0 radical (unpaired) electrons. The third kappa shape index (κ3) is 3.64. The first-order valence-corrected chi connectivity index (χ1v) is 12.1. The van der Waals surface area contributed by atoms with E-state index >= 15 is 0 Å². The van der Waals surface area contributed by atoms with Gasteiger partial charge in [-0.05, 0) is 24.5 Å². The van der Waals surface area contributed by atoms with Crippen LogP contribution in [0.25, 0.3) is 22.3 Å². The molecule has 0 amide bonds. The molecule has 2 aromatic heterocycles. The van der Waals surface area contributed by atoms with Gasteiger partial charge in [0.1, 0.15) is 12.0 Å². The largest absolute Gasteiger partial charge is 0.457 e. The number of rotatable bonds is 6. The first-order chi connectivity index (χ1) is 17.6. The van der Waals surface area contributed by atoms with E-state index in [1.54, 1.807) is 25.1 Å². The van der Waals surface area contributed by atoms with Crippen LogP contribution in [0, 0.1) is 16.0 Å². The molecule has 2 aliphatic heterocycles. The number of non-ortho nitro benzene ring substituents is 1. The molecule has 1 aromatic carbocycles.